The molecule has 0 radical (unpaired) electrons. The van der Waals surface area contributed by atoms with E-state index in [1.54, 1.807) is 20.0 Å². The van der Waals surface area contributed by atoms with Crippen LogP contribution < -0.4 is 16.0 Å². The largest absolute Gasteiger partial charge is 0.459 e. The average molecular weight is 2480 g/mol. The molecule has 0 aromatic rings. The number of hydrogen-bond acceptors (Lipinski definition) is 43. The van der Waals surface area contributed by atoms with Gasteiger partial charge in [-0.2, -0.15) is 13.2 Å². The van der Waals surface area contributed by atoms with Crippen molar-refractivity contribution < 1.29 is 208 Å². The number of halogens is 3. The summed E-state index contributed by atoms with van der Waals surface area (Å²) in [5.41, 5.74) is -1.85. The number of alkyl carbamates (subject to hydrolysis) is 3. The molecule has 5 unspecified atom stereocenters. The van der Waals surface area contributed by atoms with E-state index in [0.717, 1.165) is 30.7 Å². The second-order valence-corrected chi connectivity index (χ2v) is 192. The number of unbranched alkanes of at least 4 members (excludes halogenated alkanes) is 1. The molecule has 46 nitrogen and oxygen atoms in total. The van der Waals surface area contributed by atoms with Gasteiger partial charge >= 0.3 is 253 Å². The summed E-state index contributed by atoms with van der Waals surface area (Å²) in [4.78, 5) is 73.7. The van der Waals surface area contributed by atoms with Crippen LogP contribution in [-0.4, -0.2) is 377 Å². The van der Waals surface area contributed by atoms with E-state index >= 15 is 0 Å². The number of carbonyl (C=O) groups excluding carboxylic acids is 6. The molecule has 2 aliphatic carbocycles. The Morgan fingerprint density at radius 1 is 0.391 bits per heavy atom. The predicted octanol–water partition coefficient (Wildman–Crippen LogP) is -2.37. The van der Waals surface area contributed by atoms with E-state index in [1.165, 1.54) is 19.6 Å². The fourth-order valence-electron chi connectivity index (χ4n) is 14.8. The Morgan fingerprint density at radius 3 is 1.13 bits per heavy atom. The first-order valence-corrected chi connectivity index (χ1v) is 122. The SMILES string of the molecule is C=CC(=O)OCCOC(=O)NC1CC(C)(C)CC(C)(CNC(=O)OCCOCCC[Si](C)(C)CCCCO[Si](C)(CCC(F)(F)F)O[SiH2][Si](=O)[Si](=O)[Si](=O)[Si](=O)[Si](=O)[Si](=O)[Si](=O)[Si](=O)[Si](=O)[Si](=O)[Si](=O)[Si](=O)[Si](=O)[Si](=O)[Si](=O)[Si](=O)[Si](=O)[Si](=O)[Si](=O)[Si](=O)[Si](=O)[Si](=O)[Si](=O)[Si](=O)[Si](=O)[Si](=O)[Si](=O)[Si](C)(C)O[Si](C)(C)CCCOCCC(=O)C2(C)CC(NC(=O)OCCOC(=O)C=C)CC(C)(C)C2)C1. The van der Waals surface area contributed by atoms with Crippen molar-refractivity contribution in [3.05, 3.63) is 25.3 Å². The Labute approximate surface area is 829 Å². The van der Waals surface area contributed by atoms with Crippen LogP contribution in [0.3, 0.4) is 0 Å². The molecule has 0 aromatic heterocycles. The maximum Gasteiger partial charge on any atom is 0.407 e. The van der Waals surface area contributed by atoms with E-state index in [9.17, 15) is 162 Å². The minimum absolute atomic E-state index is 0.0174. The van der Waals surface area contributed by atoms with Gasteiger partial charge in [0.2, 0.25) is 17.1 Å². The fourth-order valence-corrected chi connectivity index (χ4v) is 367. The van der Waals surface area contributed by atoms with Crippen molar-refractivity contribution in [3.63, 3.8) is 0 Å². The van der Waals surface area contributed by atoms with Gasteiger partial charge in [-0.1, -0.05) is 86.3 Å². The molecule has 3 amide bonds. The first-order valence-electron chi connectivity index (χ1n) is 42.2. The Hall–Kier alpha value is -2.97. The van der Waals surface area contributed by atoms with Crippen molar-refractivity contribution in [1.82, 2.24) is 16.0 Å². The van der Waals surface area contributed by atoms with E-state index in [4.69, 9.17) is 45.8 Å². The molecule has 2 fully saturated rings. The molecule has 0 spiro atoms. The maximum atomic E-state index is 13.8. The molecule has 0 saturated heterocycles. The van der Waals surface area contributed by atoms with Gasteiger partial charge in [0.25, 0.3) is 0 Å². The van der Waals surface area contributed by atoms with E-state index in [0.29, 0.717) is 70.4 Å². The highest BCUT2D eigenvalue weighted by molar-refractivity contribution is 7.84. The zero-order chi connectivity index (χ0) is 106. The van der Waals surface area contributed by atoms with Gasteiger partial charge in [0, 0.05) is 76.9 Å². The third-order valence-electron chi connectivity index (χ3n) is 20.9. The second kappa shape index (κ2) is 59.9. The van der Waals surface area contributed by atoms with Crippen LogP contribution in [0, 0.1) is 21.7 Å². The van der Waals surface area contributed by atoms with Crippen molar-refractivity contribution >= 4 is 286 Å². The van der Waals surface area contributed by atoms with Crippen LogP contribution in [0.5, 0.6) is 0 Å². The highest BCUT2D eigenvalue weighted by Crippen LogP contribution is 2.48. The summed E-state index contributed by atoms with van der Waals surface area (Å²) in [7, 11) is -138. The van der Waals surface area contributed by atoms with Crippen LogP contribution in [0.4, 0.5) is 27.6 Å². The molecule has 2 saturated carbocycles. The fraction of sp³-hybridized carbons (Fsp3) is 0.825. The molecule has 5 atom stereocenters. The molecule has 0 bridgehead atoms. The van der Waals surface area contributed by atoms with Gasteiger partial charge in [-0.15, -0.1) is 0 Å². The van der Waals surface area contributed by atoms with Gasteiger partial charge in [0.05, 0.1) is 13.2 Å². The Bertz CT molecular complexity index is 5110. The number of rotatable bonds is 67. The minimum atomic E-state index is -4.81. The van der Waals surface area contributed by atoms with Crippen molar-refractivity contribution in [2.45, 2.75) is 207 Å². The highest BCUT2D eigenvalue weighted by Gasteiger charge is 2.60. The topological polar surface area (TPSA) is 692 Å². The summed E-state index contributed by atoms with van der Waals surface area (Å²) < 4.78 is 452. The van der Waals surface area contributed by atoms with Crippen molar-refractivity contribution in [1.29, 1.82) is 0 Å². The van der Waals surface area contributed by atoms with Crippen LogP contribution >= 0.6 is 0 Å². The van der Waals surface area contributed by atoms with Crippen LogP contribution in [0.15, 0.2) is 25.3 Å². The molecule has 2 rings (SSSR count). The molecular formula is C57H106F3N3O43Si32. The van der Waals surface area contributed by atoms with E-state index in [-0.39, 0.29) is 95.1 Å². The van der Waals surface area contributed by atoms with Crippen LogP contribution in [-0.2, 0) is 181 Å². The predicted molar refractivity (Wildman–Crippen MR) is 504 cm³/mol. The number of nitrogens with one attached hydrogen (secondary N) is 3. The molecular weight excluding hydrogens is 2370 g/mol. The number of alkyl halides is 3. The monoisotopic (exact) mass is 2470 g/mol. The molecule has 2 aliphatic rings. The summed E-state index contributed by atoms with van der Waals surface area (Å²) >= 11 is 0. The lowest BCUT2D eigenvalue weighted by Gasteiger charge is -2.46. The van der Waals surface area contributed by atoms with Gasteiger partial charge in [-0.25, -0.2) is 24.0 Å². The zero-order valence-corrected chi connectivity index (χ0v) is 110. The van der Waals surface area contributed by atoms with E-state index < -0.39 is 316 Å². The number of amides is 3. The third-order valence-corrected chi connectivity index (χ3v) is 260. The number of ketones is 1. The first-order chi connectivity index (χ1) is 63.4. The van der Waals surface area contributed by atoms with Crippen molar-refractivity contribution in [2.75, 3.05) is 72.6 Å². The van der Waals surface area contributed by atoms with E-state index in [1.807, 2.05) is 34.6 Å². The summed E-state index contributed by atoms with van der Waals surface area (Å²) in [6, 6.07) is 0.372. The molecule has 81 heteroatoms. The Balaban J connectivity index is 1.92. The van der Waals surface area contributed by atoms with Gasteiger partial charge in [0.1, 0.15) is 38.8 Å². The molecule has 3 N–H and O–H groups in total. The maximum absolute atomic E-state index is 13.8. The number of hydrogen-bond donors (Lipinski definition) is 3. The molecule has 0 aliphatic heterocycles. The minimum Gasteiger partial charge on any atom is -0.459 e. The molecule has 0 heterocycles. The number of carbonyl (C=O) groups is 6. The lowest BCUT2D eigenvalue weighted by atomic mass is 9.60. The van der Waals surface area contributed by atoms with Gasteiger partial charge < -0.3 is 182 Å². The zero-order valence-electron chi connectivity index (χ0n) is 77.7. The second-order valence-electron chi connectivity index (χ2n) is 36.0. The first kappa shape index (κ1) is 131. The Morgan fingerprint density at radius 2 is 0.732 bits per heavy atom. The lowest BCUT2D eigenvalue weighted by Crippen LogP contribution is -2.60. The number of Topliss-reactive ketones (excluding diaryl/α,β-unsaturated/α-hetero) is 1. The van der Waals surface area contributed by atoms with Gasteiger partial charge in [-0.3, -0.25) is 4.79 Å². The summed E-state index contributed by atoms with van der Waals surface area (Å²) in [6.45, 7) is 29.7. The molecule has 756 valence electrons. The third kappa shape index (κ3) is 45.0. The molecule has 0 aromatic carbocycles. The van der Waals surface area contributed by atoms with Crippen LogP contribution in [0.25, 0.3) is 0 Å². The summed E-state index contributed by atoms with van der Waals surface area (Å²) in [5.74, 6) is -1.46. The summed E-state index contributed by atoms with van der Waals surface area (Å²) in [6.07, 6.45) is -1.26. The number of ether oxygens (including phenoxy) is 7. The quantitative estimate of drug-likeness (QED) is 0.0188. The lowest BCUT2D eigenvalue weighted by molar-refractivity contribution is -0.139. The average Bonchev–Trinajstić information content (AvgIpc) is 0.427. The van der Waals surface area contributed by atoms with Crippen molar-refractivity contribution in [3.8, 4) is 0 Å². The van der Waals surface area contributed by atoms with Gasteiger partial charge in [0.15, 0.2) is 8.32 Å². The highest BCUT2D eigenvalue weighted by atomic mass is 30.1. The summed E-state index contributed by atoms with van der Waals surface area (Å²) in [5, 5.41) is 8.41. The van der Waals surface area contributed by atoms with Crippen LogP contribution in [0.2, 0.25) is 70.0 Å². The van der Waals surface area contributed by atoms with Gasteiger partial charge in [-0.05, 0) is 119 Å². The standard InChI is InChI=1S/C57H106F3N3O43Si32/c1-16-48(65)99-30-32-102-51(68)62-45-38-53(3,4)42-55(7,40-45)44-61-50(67)101-29-28-98-24-20-35-135(9,10)34-19-18-26-104-138(15,37-23-57(58,59)60)105-107-108(70)109(71)110(72)111(73)112(74)113(75)114(76)115(77)116(78)117(79)118(80)119(81)120(82)121(83)122(84)123(85)124(86)125(87)126(88)127(89)128(90)129(91)130(92)131(93)132(94)133(95)134(96)137(13,14)106-136(11,12)36-21-25-97-27-22-47(64)56(8)41-46(39-54(5,6)43-56)63-52(69)103-33-31-100-49(66)17-2/h16-17,45-46H,1-2,18-44,107H2,3-15H3,(H,61,67)(H,62,68)(H,63,69). The van der Waals surface area contributed by atoms with Crippen molar-refractivity contribution in [2.24, 2.45) is 21.7 Å². The smallest absolute Gasteiger partial charge is 0.407 e. The van der Waals surface area contributed by atoms with Crippen LogP contribution in [0.1, 0.15) is 119 Å². The number of esters is 2. The normalized spacial score (nSPS) is 17.0. The molecule has 138 heavy (non-hydrogen) atoms. The Kier molecular flexibility index (Phi) is 56.9. The van der Waals surface area contributed by atoms with E-state index in [2.05, 4.69) is 42.2 Å².